The Morgan fingerprint density at radius 2 is 1.73 bits per heavy atom. The van der Waals surface area contributed by atoms with Crippen molar-refractivity contribution in [3.8, 4) is 5.69 Å². The van der Waals surface area contributed by atoms with Gasteiger partial charge in [0.2, 0.25) is 0 Å². The molecular weight excluding hydrogens is 188 g/mol. The number of benzene rings is 1. The van der Waals surface area contributed by atoms with Crippen molar-refractivity contribution in [2.45, 2.75) is 20.8 Å². The Morgan fingerprint density at radius 1 is 1.13 bits per heavy atom. The van der Waals surface area contributed by atoms with Gasteiger partial charge in [-0.15, -0.1) is 4.80 Å². The summed E-state index contributed by atoms with van der Waals surface area (Å²) in [5.74, 6) is 0. The fraction of sp³-hybridized carbons (Fsp3) is 0.273. The predicted molar refractivity (Wildman–Crippen MR) is 61.9 cm³/mol. The van der Waals surface area contributed by atoms with Crippen LogP contribution in [-0.2, 0) is 0 Å². The minimum absolute atomic E-state index is 0.682. The normalized spacial score (nSPS) is 9.27. The van der Waals surface area contributed by atoms with E-state index in [-0.39, 0.29) is 0 Å². The van der Waals surface area contributed by atoms with Gasteiger partial charge < -0.3 is 5.73 Å². The molecule has 0 spiro atoms. The van der Waals surface area contributed by atoms with Crippen LogP contribution in [0.25, 0.3) is 5.69 Å². The molecule has 2 aromatic rings. The molecule has 2 rings (SSSR count). The molecule has 0 atom stereocenters. The summed E-state index contributed by atoms with van der Waals surface area (Å²) in [5, 5.41) is 8.03. The minimum Gasteiger partial charge on any atom is -0.397 e. The van der Waals surface area contributed by atoms with Crippen LogP contribution in [0.1, 0.15) is 19.4 Å². The fourth-order valence-electron chi connectivity index (χ4n) is 1.17. The molecule has 0 aliphatic carbocycles. The van der Waals surface area contributed by atoms with E-state index in [4.69, 9.17) is 5.73 Å². The number of aryl methyl sites for hydroxylation is 1. The third kappa shape index (κ3) is 2.56. The van der Waals surface area contributed by atoms with Crippen LogP contribution in [0.15, 0.2) is 30.6 Å². The van der Waals surface area contributed by atoms with Gasteiger partial charge in [0.25, 0.3) is 0 Å². The average molecular weight is 204 g/mol. The van der Waals surface area contributed by atoms with Crippen LogP contribution < -0.4 is 5.73 Å². The molecule has 0 fully saturated rings. The van der Waals surface area contributed by atoms with Crippen LogP contribution in [0.3, 0.4) is 0 Å². The molecule has 0 amide bonds. The van der Waals surface area contributed by atoms with Gasteiger partial charge in [0.05, 0.1) is 18.1 Å². The maximum absolute atomic E-state index is 5.78. The molecule has 0 aliphatic rings. The highest BCUT2D eigenvalue weighted by molar-refractivity contribution is 5.57. The van der Waals surface area contributed by atoms with Gasteiger partial charge in [-0.3, -0.25) is 0 Å². The lowest BCUT2D eigenvalue weighted by atomic mass is 10.2. The summed E-state index contributed by atoms with van der Waals surface area (Å²) < 4.78 is 0. The van der Waals surface area contributed by atoms with Gasteiger partial charge in [0.15, 0.2) is 0 Å². The van der Waals surface area contributed by atoms with Gasteiger partial charge >= 0.3 is 0 Å². The number of anilines is 1. The van der Waals surface area contributed by atoms with E-state index in [1.165, 1.54) is 4.80 Å². The number of nitrogens with zero attached hydrogens (tertiary/aromatic N) is 3. The van der Waals surface area contributed by atoms with Crippen molar-refractivity contribution in [2.24, 2.45) is 0 Å². The number of hydrogen-bond acceptors (Lipinski definition) is 3. The van der Waals surface area contributed by atoms with Crippen LogP contribution in [-0.4, -0.2) is 15.0 Å². The first-order valence-corrected chi connectivity index (χ1v) is 5.00. The van der Waals surface area contributed by atoms with Crippen molar-refractivity contribution in [1.29, 1.82) is 0 Å². The first-order chi connectivity index (χ1) is 7.27. The summed E-state index contributed by atoms with van der Waals surface area (Å²) in [4.78, 5) is 1.52. The molecule has 0 saturated carbocycles. The monoisotopic (exact) mass is 204 g/mol. The second-order valence-corrected chi connectivity index (χ2v) is 2.88. The summed E-state index contributed by atoms with van der Waals surface area (Å²) in [6.45, 7) is 6.01. The highest BCUT2D eigenvalue weighted by atomic mass is 15.5. The van der Waals surface area contributed by atoms with Gasteiger partial charge in [0, 0.05) is 0 Å². The topological polar surface area (TPSA) is 56.7 Å². The van der Waals surface area contributed by atoms with Gasteiger partial charge in [-0.2, -0.15) is 10.2 Å². The summed E-state index contributed by atoms with van der Waals surface area (Å²) in [5.41, 5.74) is 8.43. The Morgan fingerprint density at radius 3 is 2.33 bits per heavy atom. The van der Waals surface area contributed by atoms with Crippen LogP contribution in [0, 0.1) is 6.92 Å². The van der Waals surface area contributed by atoms with E-state index in [0.717, 1.165) is 11.3 Å². The summed E-state index contributed by atoms with van der Waals surface area (Å²) in [6.07, 6.45) is 3.25. The zero-order valence-electron chi connectivity index (χ0n) is 9.31. The number of hydrogen-bond donors (Lipinski definition) is 1. The second kappa shape index (κ2) is 5.14. The van der Waals surface area contributed by atoms with E-state index >= 15 is 0 Å². The Balaban J connectivity index is 0.000000531. The lowest BCUT2D eigenvalue weighted by Crippen LogP contribution is -2.03. The molecule has 1 aromatic heterocycles. The van der Waals surface area contributed by atoms with Crippen LogP contribution in [0.2, 0.25) is 0 Å². The van der Waals surface area contributed by atoms with E-state index in [0.29, 0.717) is 5.69 Å². The van der Waals surface area contributed by atoms with Crippen LogP contribution in [0.4, 0.5) is 5.69 Å². The summed E-state index contributed by atoms with van der Waals surface area (Å²) in [6, 6.07) is 5.77. The molecular formula is C11H16N4. The Labute approximate surface area is 89.7 Å². The second-order valence-electron chi connectivity index (χ2n) is 2.88. The Kier molecular flexibility index (Phi) is 3.85. The van der Waals surface area contributed by atoms with Crippen molar-refractivity contribution >= 4 is 5.69 Å². The molecule has 0 saturated heterocycles. The molecule has 0 radical (unpaired) electrons. The van der Waals surface area contributed by atoms with Crippen molar-refractivity contribution in [3.05, 3.63) is 36.2 Å². The van der Waals surface area contributed by atoms with Gasteiger partial charge in [-0.05, 0) is 24.6 Å². The van der Waals surface area contributed by atoms with Crippen LogP contribution >= 0.6 is 0 Å². The average Bonchev–Trinajstić information content (AvgIpc) is 2.78. The van der Waals surface area contributed by atoms with E-state index in [2.05, 4.69) is 10.2 Å². The fourth-order valence-corrected chi connectivity index (χ4v) is 1.17. The van der Waals surface area contributed by atoms with Crippen molar-refractivity contribution in [1.82, 2.24) is 15.0 Å². The molecule has 0 aliphatic heterocycles. The van der Waals surface area contributed by atoms with E-state index in [1.54, 1.807) is 12.4 Å². The SMILES string of the molecule is CC.Cc1ccc(N)c(-n2nccn2)c1. The molecule has 4 heteroatoms. The number of nitrogen functional groups attached to an aromatic ring is 1. The lowest BCUT2D eigenvalue weighted by molar-refractivity contribution is 0.753. The molecule has 1 aromatic carbocycles. The van der Waals surface area contributed by atoms with Gasteiger partial charge in [-0.25, -0.2) is 0 Å². The number of nitrogens with two attached hydrogens (primary N) is 1. The Hall–Kier alpha value is -1.84. The Bertz CT molecular complexity index is 407. The molecule has 0 bridgehead atoms. The first-order valence-electron chi connectivity index (χ1n) is 5.00. The third-order valence-corrected chi connectivity index (χ3v) is 1.82. The van der Waals surface area contributed by atoms with Gasteiger partial charge in [-0.1, -0.05) is 19.9 Å². The smallest absolute Gasteiger partial charge is 0.109 e. The predicted octanol–water partition coefficient (Wildman–Crippen LogP) is 2.18. The van der Waals surface area contributed by atoms with E-state index < -0.39 is 0 Å². The van der Waals surface area contributed by atoms with E-state index in [9.17, 15) is 0 Å². The number of aromatic nitrogens is 3. The highest BCUT2D eigenvalue weighted by Gasteiger charge is 2.02. The maximum Gasteiger partial charge on any atom is 0.109 e. The molecule has 2 N–H and O–H groups in total. The van der Waals surface area contributed by atoms with Crippen LogP contribution in [0.5, 0.6) is 0 Å². The third-order valence-electron chi connectivity index (χ3n) is 1.82. The first kappa shape index (κ1) is 11.2. The molecule has 4 nitrogen and oxygen atoms in total. The largest absolute Gasteiger partial charge is 0.397 e. The zero-order chi connectivity index (χ0) is 11.3. The lowest BCUT2D eigenvalue weighted by Gasteiger charge is -2.04. The van der Waals surface area contributed by atoms with E-state index in [1.807, 2.05) is 39.0 Å². The quantitative estimate of drug-likeness (QED) is 0.724. The molecule has 0 unspecified atom stereocenters. The number of rotatable bonds is 1. The zero-order valence-corrected chi connectivity index (χ0v) is 9.31. The van der Waals surface area contributed by atoms with Crippen molar-refractivity contribution in [3.63, 3.8) is 0 Å². The molecule has 15 heavy (non-hydrogen) atoms. The summed E-state index contributed by atoms with van der Waals surface area (Å²) >= 11 is 0. The van der Waals surface area contributed by atoms with Crippen molar-refractivity contribution in [2.75, 3.05) is 5.73 Å². The minimum atomic E-state index is 0.682. The highest BCUT2D eigenvalue weighted by Crippen LogP contribution is 2.16. The summed E-state index contributed by atoms with van der Waals surface area (Å²) in [7, 11) is 0. The molecule has 1 heterocycles. The maximum atomic E-state index is 5.78. The van der Waals surface area contributed by atoms with Gasteiger partial charge in [0.1, 0.15) is 5.69 Å². The van der Waals surface area contributed by atoms with Crippen molar-refractivity contribution < 1.29 is 0 Å². The molecule has 80 valence electrons. The standard InChI is InChI=1S/C9H10N4.C2H6/c1-7-2-3-8(10)9(6-7)13-11-4-5-12-13;1-2/h2-6H,10H2,1H3;1-2H3.